The fourth-order valence-electron chi connectivity index (χ4n) is 2.19. The highest BCUT2D eigenvalue weighted by atomic mass is 32.2. The minimum atomic E-state index is -3.11. The van der Waals surface area contributed by atoms with Crippen LogP contribution in [0.2, 0.25) is 0 Å². The second-order valence-electron chi connectivity index (χ2n) is 4.19. The van der Waals surface area contributed by atoms with Gasteiger partial charge in [0.15, 0.2) is 0 Å². The van der Waals surface area contributed by atoms with Crippen molar-refractivity contribution in [3.8, 4) is 0 Å². The van der Waals surface area contributed by atoms with Gasteiger partial charge in [-0.25, -0.2) is 8.42 Å². The van der Waals surface area contributed by atoms with E-state index in [-0.39, 0.29) is 5.75 Å². The van der Waals surface area contributed by atoms with Gasteiger partial charge >= 0.3 is 0 Å². The zero-order valence-electron chi connectivity index (χ0n) is 9.46. The molecular weight excluding hydrogens is 210 g/mol. The van der Waals surface area contributed by atoms with Crippen molar-refractivity contribution in [3.05, 3.63) is 28.3 Å². The van der Waals surface area contributed by atoms with Crippen LogP contribution in [-0.2, 0) is 15.8 Å². The summed E-state index contributed by atoms with van der Waals surface area (Å²) in [5, 5.41) is 0. The van der Waals surface area contributed by atoms with Crippen LogP contribution in [0.25, 0.3) is 0 Å². The molecule has 0 saturated carbocycles. The average molecular weight is 225 g/mol. The Morgan fingerprint density at radius 1 is 1.20 bits per heavy atom. The van der Waals surface area contributed by atoms with Crippen LogP contribution in [0.4, 0.5) is 5.69 Å². The van der Waals surface area contributed by atoms with Gasteiger partial charge in [-0.05, 0) is 43.0 Å². The quantitative estimate of drug-likeness (QED) is 0.676. The van der Waals surface area contributed by atoms with Gasteiger partial charge in [0.05, 0.1) is 11.4 Å². The van der Waals surface area contributed by atoms with E-state index < -0.39 is 10.0 Å². The highest BCUT2D eigenvalue weighted by Crippen LogP contribution is 2.38. The molecule has 1 aromatic carbocycles. The highest BCUT2D eigenvalue weighted by molar-refractivity contribution is 7.92. The standard InChI is InChI=1S/C11H15NO2S/c1-7-5-8(2)11-10(9(7)3)6-15(13,14)12(11)4/h5H,6H2,1-4H3. The molecule has 0 fully saturated rings. The fraction of sp³-hybridized carbons (Fsp3) is 0.455. The summed E-state index contributed by atoms with van der Waals surface area (Å²) < 4.78 is 24.9. The number of aryl methyl sites for hydroxylation is 2. The predicted molar refractivity (Wildman–Crippen MR) is 61.7 cm³/mol. The fourth-order valence-corrected chi connectivity index (χ4v) is 3.63. The summed E-state index contributed by atoms with van der Waals surface area (Å²) in [7, 11) is -1.48. The SMILES string of the molecule is Cc1cc(C)c2c(c1C)CS(=O)(=O)N2C. The largest absolute Gasteiger partial charge is 0.272 e. The molecule has 0 spiro atoms. The van der Waals surface area contributed by atoms with Crippen molar-refractivity contribution in [3.63, 3.8) is 0 Å². The number of nitrogens with zero attached hydrogens (tertiary/aromatic N) is 1. The van der Waals surface area contributed by atoms with E-state index in [1.165, 1.54) is 4.31 Å². The van der Waals surface area contributed by atoms with E-state index in [2.05, 4.69) is 0 Å². The molecule has 1 aromatic rings. The lowest BCUT2D eigenvalue weighted by Gasteiger charge is -2.15. The first kappa shape index (κ1) is 10.5. The minimum absolute atomic E-state index is 0.146. The first-order chi connectivity index (χ1) is 6.84. The van der Waals surface area contributed by atoms with Gasteiger partial charge in [0.2, 0.25) is 10.0 Å². The molecule has 0 atom stereocenters. The molecule has 1 aliphatic rings. The maximum Gasteiger partial charge on any atom is 0.239 e. The summed E-state index contributed by atoms with van der Waals surface area (Å²) in [5.74, 6) is 0.146. The first-order valence-corrected chi connectivity index (χ1v) is 6.52. The molecule has 3 nitrogen and oxygen atoms in total. The maximum atomic E-state index is 11.8. The minimum Gasteiger partial charge on any atom is -0.272 e. The molecule has 15 heavy (non-hydrogen) atoms. The average Bonchev–Trinajstić information content (AvgIpc) is 2.35. The van der Waals surface area contributed by atoms with E-state index in [1.54, 1.807) is 7.05 Å². The van der Waals surface area contributed by atoms with Gasteiger partial charge < -0.3 is 0 Å². The molecule has 0 radical (unpaired) electrons. The molecule has 4 heteroatoms. The van der Waals surface area contributed by atoms with Crippen LogP contribution in [0.15, 0.2) is 6.07 Å². The lowest BCUT2D eigenvalue weighted by molar-refractivity contribution is 0.596. The third-order valence-electron chi connectivity index (χ3n) is 3.20. The van der Waals surface area contributed by atoms with Crippen LogP contribution in [0.3, 0.4) is 0 Å². The van der Waals surface area contributed by atoms with Crippen molar-refractivity contribution in [1.82, 2.24) is 0 Å². The Balaban J connectivity index is 2.80. The number of anilines is 1. The van der Waals surface area contributed by atoms with Crippen molar-refractivity contribution in [2.45, 2.75) is 26.5 Å². The van der Waals surface area contributed by atoms with Gasteiger partial charge in [-0.15, -0.1) is 0 Å². The Labute approximate surface area is 90.8 Å². The van der Waals surface area contributed by atoms with Crippen LogP contribution >= 0.6 is 0 Å². The third-order valence-corrected chi connectivity index (χ3v) is 4.87. The van der Waals surface area contributed by atoms with Crippen molar-refractivity contribution >= 4 is 15.7 Å². The number of hydrogen-bond donors (Lipinski definition) is 0. The Morgan fingerprint density at radius 3 is 2.40 bits per heavy atom. The van der Waals surface area contributed by atoms with Crippen LogP contribution in [-0.4, -0.2) is 15.5 Å². The Kier molecular flexibility index (Phi) is 2.08. The molecule has 0 bridgehead atoms. The van der Waals surface area contributed by atoms with Gasteiger partial charge in [-0.2, -0.15) is 0 Å². The van der Waals surface area contributed by atoms with E-state index >= 15 is 0 Å². The summed E-state index contributed by atoms with van der Waals surface area (Å²) in [4.78, 5) is 0. The smallest absolute Gasteiger partial charge is 0.239 e. The summed E-state index contributed by atoms with van der Waals surface area (Å²) >= 11 is 0. The predicted octanol–water partition coefficient (Wildman–Crippen LogP) is 1.89. The molecule has 1 heterocycles. The highest BCUT2D eigenvalue weighted by Gasteiger charge is 2.32. The normalized spacial score (nSPS) is 18.0. The zero-order chi connectivity index (χ0) is 11.4. The topological polar surface area (TPSA) is 37.4 Å². The molecule has 0 saturated heterocycles. The molecule has 1 aliphatic heterocycles. The van der Waals surface area contributed by atoms with Crippen molar-refractivity contribution in [2.75, 3.05) is 11.4 Å². The van der Waals surface area contributed by atoms with Gasteiger partial charge in [-0.3, -0.25) is 4.31 Å². The van der Waals surface area contributed by atoms with E-state index in [0.717, 1.165) is 27.9 Å². The Hall–Kier alpha value is -1.03. The molecule has 0 aromatic heterocycles. The van der Waals surface area contributed by atoms with Gasteiger partial charge in [-0.1, -0.05) is 6.07 Å². The van der Waals surface area contributed by atoms with Crippen LogP contribution in [0.1, 0.15) is 22.3 Å². The van der Waals surface area contributed by atoms with Gasteiger partial charge in [0, 0.05) is 7.05 Å². The van der Waals surface area contributed by atoms with Gasteiger partial charge in [0.25, 0.3) is 0 Å². The molecule has 82 valence electrons. The Morgan fingerprint density at radius 2 is 1.80 bits per heavy atom. The maximum absolute atomic E-state index is 11.8. The lowest BCUT2D eigenvalue weighted by Crippen LogP contribution is -2.21. The molecule has 0 N–H and O–H groups in total. The third kappa shape index (κ3) is 1.35. The van der Waals surface area contributed by atoms with Crippen LogP contribution in [0, 0.1) is 20.8 Å². The first-order valence-electron chi connectivity index (χ1n) is 4.91. The summed E-state index contributed by atoms with van der Waals surface area (Å²) in [6.07, 6.45) is 0. The van der Waals surface area contributed by atoms with Crippen molar-refractivity contribution in [2.24, 2.45) is 0 Å². The molecule has 0 aliphatic carbocycles. The Bertz CT molecular complexity index is 532. The summed E-state index contributed by atoms with van der Waals surface area (Å²) in [6, 6.07) is 2.05. The molecule has 0 amide bonds. The van der Waals surface area contributed by atoms with E-state index in [0.29, 0.717) is 0 Å². The summed E-state index contributed by atoms with van der Waals surface area (Å²) in [5.41, 5.74) is 5.14. The van der Waals surface area contributed by atoms with E-state index in [1.807, 2.05) is 26.8 Å². The number of fused-ring (bicyclic) bond motifs is 1. The monoisotopic (exact) mass is 225 g/mol. The number of rotatable bonds is 0. The second kappa shape index (κ2) is 2.98. The van der Waals surface area contributed by atoms with Crippen molar-refractivity contribution < 1.29 is 8.42 Å². The number of benzene rings is 1. The van der Waals surface area contributed by atoms with Crippen LogP contribution in [0.5, 0.6) is 0 Å². The lowest BCUT2D eigenvalue weighted by atomic mass is 9.98. The molecular formula is C11H15NO2S. The van der Waals surface area contributed by atoms with Crippen LogP contribution < -0.4 is 4.31 Å². The van der Waals surface area contributed by atoms with E-state index in [4.69, 9.17) is 0 Å². The van der Waals surface area contributed by atoms with Crippen molar-refractivity contribution in [1.29, 1.82) is 0 Å². The molecule has 2 rings (SSSR count). The van der Waals surface area contributed by atoms with E-state index in [9.17, 15) is 8.42 Å². The number of sulfonamides is 1. The zero-order valence-corrected chi connectivity index (χ0v) is 10.3. The summed E-state index contributed by atoms with van der Waals surface area (Å²) in [6.45, 7) is 5.97. The second-order valence-corrected chi connectivity index (χ2v) is 6.19. The van der Waals surface area contributed by atoms with Gasteiger partial charge in [0.1, 0.15) is 0 Å². The number of hydrogen-bond acceptors (Lipinski definition) is 2. The molecule has 0 unspecified atom stereocenters.